The molecule has 2 unspecified atom stereocenters. The molecule has 7 heteroatoms. The summed E-state index contributed by atoms with van der Waals surface area (Å²) in [5.41, 5.74) is 1.55. The smallest absolute Gasteiger partial charge is 0.191 e. The lowest BCUT2D eigenvalue weighted by Gasteiger charge is -2.20. The molecule has 0 aliphatic carbocycles. The molecule has 0 aliphatic heterocycles. The van der Waals surface area contributed by atoms with E-state index in [1.54, 1.807) is 32.3 Å². The minimum atomic E-state index is -0.183. The van der Waals surface area contributed by atoms with E-state index in [0.29, 0.717) is 17.4 Å². The lowest BCUT2D eigenvalue weighted by atomic mass is 10.1. The van der Waals surface area contributed by atoms with E-state index >= 15 is 0 Å². The number of hydrogen-bond acceptors (Lipinski definition) is 2. The highest BCUT2D eigenvalue weighted by atomic mass is 127. The fraction of sp³-hybridized carbons (Fsp3) is 0.444. The number of rotatable bonds is 6. The predicted octanol–water partition coefficient (Wildman–Crippen LogP) is 3.51. The van der Waals surface area contributed by atoms with Crippen LogP contribution in [0.2, 0.25) is 0 Å². The van der Waals surface area contributed by atoms with Crippen molar-refractivity contribution in [1.82, 2.24) is 20.4 Å². The fourth-order valence-corrected chi connectivity index (χ4v) is 2.42. The van der Waals surface area contributed by atoms with Crippen LogP contribution in [-0.4, -0.2) is 29.3 Å². The van der Waals surface area contributed by atoms with Gasteiger partial charge in [-0.25, -0.2) is 4.39 Å². The summed E-state index contributed by atoms with van der Waals surface area (Å²) in [6.07, 6.45) is 3.74. The van der Waals surface area contributed by atoms with E-state index in [1.165, 1.54) is 0 Å². The molecule has 0 spiro atoms. The van der Waals surface area contributed by atoms with Crippen LogP contribution < -0.4 is 10.6 Å². The Morgan fingerprint density at radius 1 is 1.36 bits per heavy atom. The number of nitrogens with one attached hydrogen (secondary N) is 2. The normalized spacial score (nSPS) is 13.7. The lowest BCUT2D eigenvalue weighted by Crippen LogP contribution is -2.41. The van der Waals surface area contributed by atoms with Crippen LogP contribution in [0.3, 0.4) is 0 Å². The van der Waals surface area contributed by atoms with Gasteiger partial charge in [-0.05, 0) is 43.0 Å². The Morgan fingerprint density at radius 3 is 2.72 bits per heavy atom. The molecule has 1 heterocycles. The molecule has 0 saturated heterocycles. The van der Waals surface area contributed by atoms with Crippen molar-refractivity contribution in [3.63, 3.8) is 0 Å². The first kappa shape index (κ1) is 21.4. The number of benzene rings is 1. The van der Waals surface area contributed by atoms with E-state index in [4.69, 9.17) is 0 Å². The highest BCUT2D eigenvalue weighted by Crippen LogP contribution is 2.16. The SMILES string of the molecule is CN=C(NCC(C)Cn1cccn1)NC(C)c1ccc(C)c(F)c1.I. The molecular weight excluding hydrogens is 432 g/mol. The maximum atomic E-state index is 13.7. The summed E-state index contributed by atoms with van der Waals surface area (Å²) in [7, 11) is 1.73. The molecule has 5 nitrogen and oxygen atoms in total. The summed E-state index contributed by atoms with van der Waals surface area (Å²) in [4.78, 5) is 4.24. The van der Waals surface area contributed by atoms with Gasteiger partial charge in [-0.15, -0.1) is 24.0 Å². The maximum Gasteiger partial charge on any atom is 0.191 e. The number of aryl methyl sites for hydroxylation is 1. The first-order valence-electron chi connectivity index (χ1n) is 8.20. The summed E-state index contributed by atoms with van der Waals surface area (Å²) < 4.78 is 15.6. The molecule has 2 N–H and O–H groups in total. The van der Waals surface area contributed by atoms with Gasteiger partial charge in [-0.3, -0.25) is 9.67 Å². The van der Waals surface area contributed by atoms with Crippen molar-refractivity contribution in [3.8, 4) is 0 Å². The van der Waals surface area contributed by atoms with E-state index in [9.17, 15) is 4.39 Å². The van der Waals surface area contributed by atoms with E-state index in [0.717, 1.165) is 18.7 Å². The topological polar surface area (TPSA) is 54.2 Å². The van der Waals surface area contributed by atoms with E-state index in [-0.39, 0.29) is 35.8 Å². The van der Waals surface area contributed by atoms with Crippen molar-refractivity contribution in [2.45, 2.75) is 33.4 Å². The van der Waals surface area contributed by atoms with E-state index in [2.05, 4.69) is 27.6 Å². The quantitative estimate of drug-likeness (QED) is 0.395. The Bertz CT molecular complexity index is 672. The zero-order valence-corrected chi connectivity index (χ0v) is 17.5. The number of hydrogen-bond donors (Lipinski definition) is 2. The van der Waals surface area contributed by atoms with Crippen LogP contribution in [0.4, 0.5) is 4.39 Å². The fourth-order valence-electron chi connectivity index (χ4n) is 2.42. The van der Waals surface area contributed by atoms with Crippen molar-refractivity contribution < 1.29 is 4.39 Å². The van der Waals surface area contributed by atoms with Crippen molar-refractivity contribution in [3.05, 3.63) is 53.6 Å². The Labute approximate surface area is 166 Å². The third-order valence-corrected chi connectivity index (χ3v) is 3.95. The lowest BCUT2D eigenvalue weighted by molar-refractivity contribution is 0.442. The minimum Gasteiger partial charge on any atom is -0.356 e. The van der Waals surface area contributed by atoms with Crippen LogP contribution in [0.1, 0.15) is 31.0 Å². The second-order valence-electron chi connectivity index (χ2n) is 6.16. The van der Waals surface area contributed by atoms with Crippen molar-refractivity contribution in [2.75, 3.05) is 13.6 Å². The zero-order valence-electron chi connectivity index (χ0n) is 15.2. The summed E-state index contributed by atoms with van der Waals surface area (Å²) in [6, 6.07) is 7.19. The van der Waals surface area contributed by atoms with Gasteiger partial charge in [0.15, 0.2) is 5.96 Å². The predicted molar refractivity (Wildman–Crippen MR) is 111 cm³/mol. The van der Waals surface area contributed by atoms with Crippen LogP contribution in [0.15, 0.2) is 41.7 Å². The molecule has 0 bridgehead atoms. The first-order chi connectivity index (χ1) is 11.5. The third-order valence-electron chi connectivity index (χ3n) is 3.95. The Kier molecular flexibility index (Phi) is 8.88. The van der Waals surface area contributed by atoms with E-state index in [1.807, 2.05) is 29.9 Å². The van der Waals surface area contributed by atoms with Gasteiger partial charge in [0.25, 0.3) is 0 Å². The van der Waals surface area contributed by atoms with Crippen LogP contribution in [0.5, 0.6) is 0 Å². The van der Waals surface area contributed by atoms with Crippen molar-refractivity contribution in [2.24, 2.45) is 10.9 Å². The number of aliphatic imine (C=N–C) groups is 1. The van der Waals surface area contributed by atoms with Gasteiger partial charge in [0.1, 0.15) is 5.82 Å². The average molecular weight is 459 g/mol. The Hall–Kier alpha value is -1.64. The van der Waals surface area contributed by atoms with Crippen LogP contribution in [-0.2, 0) is 6.54 Å². The molecule has 2 aromatic rings. The molecule has 2 atom stereocenters. The van der Waals surface area contributed by atoms with Crippen LogP contribution in [0, 0.1) is 18.7 Å². The number of halogens is 2. The third kappa shape index (κ3) is 6.64. The molecule has 0 saturated carbocycles. The Morgan fingerprint density at radius 2 is 2.12 bits per heavy atom. The second-order valence-corrected chi connectivity index (χ2v) is 6.16. The highest BCUT2D eigenvalue weighted by Gasteiger charge is 2.11. The first-order valence-corrected chi connectivity index (χ1v) is 8.20. The Balaban J connectivity index is 0.00000312. The molecular formula is C18H27FIN5. The average Bonchev–Trinajstić information content (AvgIpc) is 3.06. The van der Waals surface area contributed by atoms with Gasteiger partial charge in [0.05, 0.1) is 6.04 Å². The molecule has 1 aromatic carbocycles. The van der Waals surface area contributed by atoms with Crippen LogP contribution >= 0.6 is 24.0 Å². The van der Waals surface area contributed by atoms with Gasteiger partial charge < -0.3 is 10.6 Å². The molecule has 138 valence electrons. The summed E-state index contributed by atoms with van der Waals surface area (Å²) in [5.74, 6) is 0.920. The van der Waals surface area contributed by atoms with Gasteiger partial charge in [0.2, 0.25) is 0 Å². The summed E-state index contributed by atoms with van der Waals surface area (Å²) in [6.45, 7) is 7.52. The zero-order chi connectivity index (χ0) is 17.5. The summed E-state index contributed by atoms with van der Waals surface area (Å²) >= 11 is 0. The molecule has 0 fully saturated rings. The number of aromatic nitrogens is 2. The van der Waals surface area contributed by atoms with Crippen molar-refractivity contribution in [1.29, 1.82) is 0 Å². The highest BCUT2D eigenvalue weighted by molar-refractivity contribution is 14.0. The van der Waals surface area contributed by atoms with Gasteiger partial charge in [0, 0.05) is 32.5 Å². The van der Waals surface area contributed by atoms with E-state index < -0.39 is 0 Å². The van der Waals surface area contributed by atoms with Crippen molar-refractivity contribution >= 4 is 29.9 Å². The molecule has 2 rings (SSSR count). The summed E-state index contributed by atoms with van der Waals surface area (Å²) in [5, 5.41) is 10.8. The molecule has 25 heavy (non-hydrogen) atoms. The molecule has 0 radical (unpaired) electrons. The largest absolute Gasteiger partial charge is 0.356 e. The van der Waals surface area contributed by atoms with Gasteiger partial charge in [-0.2, -0.15) is 5.10 Å². The standard InChI is InChI=1S/C18H26FN5.HI/c1-13(12-24-9-5-8-22-24)11-21-18(20-4)23-15(3)16-7-6-14(2)17(19)10-16;/h5-10,13,15H,11-12H2,1-4H3,(H2,20,21,23);1H. The van der Waals surface area contributed by atoms with Gasteiger partial charge in [-0.1, -0.05) is 19.1 Å². The van der Waals surface area contributed by atoms with Crippen LogP contribution in [0.25, 0.3) is 0 Å². The second kappa shape index (κ2) is 10.4. The minimum absolute atomic E-state index is 0. The number of guanidine groups is 1. The monoisotopic (exact) mass is 459 g/mol. The maximum absolute atomic E-state index is 13.7. The molecule has 0 amide bonds. The molecule has 0 aliphatic rings. The molecule has 1 aromatic heterocycles. The number of nitrogens with zero attached hydrogens (tertiary/aromatic N) is 3. The van der Waals surface area contributed by atoms with Gasteiger partial charge >= 0.3 is 0 Å².